The van der Waals surface area contributed by atoms with Crippen LogP contribution in [0.4, 0.5) is 5.82 Å². The molecule has 118 valence electrons. The molecule has 2 rings (SSSR count). The number of aryl methyl sites for hydroxylation is 1. The van der Waals surface area contributed by atoms with Crippen LogP contribution in [-0.4, -0.2) is 16.5 Å². The molecule has 1 aromatic rings. The van der Waals surface area contributed by atoms with Crippen molar-refractivity contribution in [3.05, 3.63) is 15.1 Å². The molecule has 0 radical (unpaired) electrons. The van der Waals surface area contributed by atoms with E-state index in [1.54, 1.807) is 0 Å². The maximum absolute atomic E-state index is 4.92. The van der Waals surface area contributed by atoms with Crippen LogP contribution in [0.1, 0.15) is 76.7 Å². The highest BCUT2D eigenvalue weighted by atomic mass is 127. The molecule has 0 spiro atoms. The molecule has 2 atom stereocenters. The summed E-state index contributed by atoms with van der Waals surface area (Å²) in [6.45, 7) is 7.70. The Bertz CT molecular complexity index is 462. The minimum atomic E-state index is 0.574. The fraction of sp³-hybridized carbons (Fsp3) is 0.765. The normalized spacial score (nSPS) is 21.7. The van der Waals surface area contributed by atoms with Crippen LogP contribution in [0.15, 0.2) is 0 Å². The number of hydrogen-bond donors (Lipinski definition) is 1. The van der Waals surface area contributed by atoms with Crippen LogP contribution in [0, 0.1) is 9.49 Å². The number of hydrogen-bond acceptors (Lipinski definition) is 3. The molecular weight excluding hydrogens is 373 g/mol. The molecule has 2 unspecified atom stereocenters. The molecule has 0 aliphatic heterocycles. The molecule has 21 heavy (non-hydrogen) atoms. The molecule has 1 aliphatic carbocycles. The SMILES string of the molecule is CCCNc1nc(C2CCC(CC)C2)nc(CCC)c1I. The van der Waals surface area contributed by atoms with E-state index in [9.17, 15) is 0 Å². The van der Waals surface area contributed by atoms with Crippen LogP contribution < -0.4 is 5.32 Å². The third-order valence-electron chi connectivity index (χ3n) is 4.45. The van der Waals surface area contributed by atoms with Crippen LogP contribution >= 0.6 is 22.6 Å². The zero-order valence-corrected chi connectivity index (χ0v) is 15.7. The van der Waals surface area contributed by atoms with Gasteiger partial charge in [-0.1, -0.05) is 33.6 Å². The van der Waals surface area contributed by atoms with Crippen molar-refractivity contribution in [3.8, 4) is 0 Å². The summed E-state index contributed by atoms with van der Waals surface area (Å²) in [5, 5.41) is 3.49. The summed E-state index contributed by atoms with van der Waals surface area (Å²) in [7, 11) is 0. The Morgan fingerprint density at radius 3 is 2.57 bits per heavy atom. The topological polar surface area (TPSA) is 37.8 Å². The molecule has 1 saturated carbocycles. The third-order valence-corrected chi connectivity index (χ3v) is 5.58. The van der Waals surface area contributed by atoms with E-state index in [-0.39, 0.29) is 0 Å². The first-order chi connectivity index (χ1) is 10.2. The van der Waals surface area contributed by atoms with Crippen molar-refractivity contribution in [1.29, 1.82) is 0 Å². The first-order valence-electron chi connectivity index (χ1n) is 8.49. The van der Waals surface area contributed by atoms with E-state index >= 15 is 0 Å². The second-order valence-corrected chi connectivity index (χ2v) is 7.23. The molecule has 4 heteroatoms. The molecule has 1 heterocycles. The van der Waals surface area contributed by atoms with Gasteiger partial charge in [-0.25, -0.2) is 9.97 Å². The number of halogens is 1. The largest absolute Gasteiger partial charge is 0.369 e. The van der Waals surface area contributed by atoms with Gasteiger partial charge in [0.1, 0.15) is 11.6 Å². The zero-order chi connectivity index (χ0) is 15.2. The van der Waals surface area contributed by atoms with Gasteiger partial charge in [0.2, 0.25) is 0 Å². The predicted octanol–water partition coefficient (Wildman–Crippen LogP) is 5.15. The summed E-state index contributed by atoms with van der Waals surface area (Å²) < 4.78 is 1.22. The quantitative estimate of drug-likeness (QED) is 0.643. The van der Waals surface area contributed by atoms with Gasteiger partial charge in [-0.15, -0.1) is 0 Å². The number of anilines is 1. The summed E-state index contributed by atoms with van der Waals surface area (Å²) in [5.41, 5.74) is 1.24. The fourth-order valence-corrected chi connectivity index (χ4v) is 3.84. The molecule has 0 bridgehead atoms. The highest BCUT2D eigenvalue weighted by Crippen LogP contribution is 2.39. The van der Waals surface area contributed by atoms with E-state index in [2.05, 4.69) is 48.7 Å². The molecule has 1 fully saturated rings. The van der Waals surface area contributed by atoms with Gasteiger partial charge in [-0.3, -0.25) is 0 Å². The highest BCUT2D eigenvalue weighted by Gasteiger charge is 2.27. The Kier molecular flexibility index (Phi) is 6.71. The van der Waals surface area contributed by atoms with Gasteiger partial charge in [0.25, 0.3) is 0 Å². The molecule has 0 amide bonds. The van der Waals surface area contributed by atoms with E-state index in [4.69, 9.17) is 9.97 Å². The van der Waals surface area contributed by atoms with Crippen molar-refractivity contribution in [2.24, 2.45) is 5.92 Å². The summed E-state index contributed by atoms with van der Waals surface area (Å²) in [4.78, 5) is 9.80. The average Bonchev–Trinajstić information content (AvgIpc) is 2.97. The Morgan fingerprint density at radius 1 is 1.14 bits per heavy atom. The van der Waals surface area contributed by atoms with Crippen molar-refractivity contribution in [2.45, 2.75) is 71.6 Å². The van der Waals surface area contributed by atoms with Crippen molar-refractivity contribution in [1.82, 2.24) is 9.97 Å². The van der Waals surface area contributed by atoms with E-state index in [0.717, 1.165) is 43.4 Å². The smallest absolute Gasteiger partial charge is 0.143 e. The molecule has 0 aromatic carbocycles. The Labute approximate surface area is 142 Å². The lowest BCUT2D eigenvalue weighted by Crippen LogP contribution is -2.12. The van der Waals surface area contributed by atoms with E-state index < -0.39 is 0 Å². The minimum absolute atomic E-state index is 0.574. The lowest BCUT2D eigenvalue weighted by molar-refractivity contribution is 0.516. The van der Waals surface area contributed by atoms with Crippen molar-refractivity contribution in [2.75, 3.05) is 11.9 Å². The molecule has 1 aliphatic rings. The van der Waals surface area contributed by atoms with Gasteiger partial charge in [0.15, 0.2) is 0 Å². The van der Waals surface area contributed by atoms with Crippen LogP contribution in [0.25, 0.3) is 0 Å². The Morgan fingerprint density at radius 2 is 1.95 bits per heavy atom. The van der Waals surface area contributed by atoms with Gasteiger partial charge in [0, 0.05) is 12.5 Å². The Balaban J connectivity index is 2.25. The van der Waals surface area contributed by atoms with Crippen LogP contribution in [0.2, 0.25) is 0 Å². The van der Waals surface area contributed by atoms with Gasteiger partial charge < -0.3 is 5.32 Å². The van der Waals surface area contributed by atoms with Crippen molar-refractivity contribution >= 4 is 28.4 Å². The molecule has 3 nitrogen and oxygen atoms in total. The first kappa shape index (κ1) is 17.0. The first-order valence-corrected chi connectivity index (χ1v) is 9.57. The van der Waals surface area contributed by atoms with E-state index in [0.29, 0.717) is 5.92 Å². The molecular formula is C17H28IN3. The van der Waals surface area contributed by atoms with Crippen LogP contribution in [-0.2, 0) is 6.42 Å². The third kappa shape index (κ3) is 4.30. The van der Waals surface area contributed by atoms with Gasteiger partial charge >= 0.3 is 0 Å². The van der Waals surface area contributed by atoms with Crippen LogP contribution in [0.3, 0.4) is 0 Å². The predicted molar refractivity (Wildman–Crippen MR) is 97.9 cm³/mol. The maximum atomic E-state index is 4.92. The summed E-state index contributed by atoms with van der Waals surface area (Å²) in [5.74, 6) is 3.60. The number of aromatic nitrogens is 2. The second kappa shape index (κ2) is 8.30. The standard InChI is InChI=1S/C17H28IN3/c1-4-7-14-15(18)17(19-10-5-2)21-16(20-14)13-9-8-12(6-3)11-13/h12-13H,4-11H2,1-3H3,(H,19,20,21). The lowest BCUT2D eigenvalue weighted by Gasteiger charge is -2.16. The second-order valence-electron chi connectivity index (χ2n) is 6.15. The number of nitrogens with zero attached hydrogens (tertiary/aromatic N) is 2. The van der Waals surface area contributed by atoms with Gasteiger partial charge in [-0.05, 0) is 60.6 Å². The average molecular weight is 401 g/mol. The summed E-state index contributed by atoms with van der Waals surface area (Å²) in [6.07, 6.45) is 8.50. The highest BCUT2D eigenvalue weighted by molar-refractivity contribution is 14.1. The maximum Gasteiger partial charge on any atom is 0.143 e. The van der Waals surface area contributed by atoms with E-state index in [1.807, 2.05) is 0 Å². The monoisotopic (exact) mass is 401 g/mol. The van der Waals surface area contributed by atoms with Crippen LogP contribution in [0.5, 0.6) is 0 Å². The fourth-order valence-electron chi connectivity index (χ4n) is 3.14. The number of nitrogens with one attached hydrogen (secondary N) is 1. The molecule has 0 saturated heterocycles. The summed E-state index contributed by atoms with van der Waals surface area (Å²) in [6, 6.07) is 0. The lowest BCUT2D eigenvalue weighted by atomic mass is 10.0. The molecule has 1 aromatic heterocycles. The van der Waals surface area contributed by atoms with Crippen molar-refractivity contribution < 1.29 is 0 Å². The minimum Gasteiger partial charge on any atom is -0.369 e. The zero-order valence-electron chi connectivity index (χ0n) is 13.6. The number of rotatable bonds is 7. The molecule has 1 N–H and O–H groups in total. The van der Waals surface area contributed by atoms with Gasteiger partial charge in [0.05, 0.1) is 9.26 Å². The van der Waals surface area contributed by atoms with Crippen molar-refractivity contribution in [3.63, 3.8) is 0 Å². The summed E-state index contributed by atoms with van der Waals surface area (Å²) >= 11 is 2.41. The van der Waals surface area contributed by atoms with Gasteiger partial charge in [-0.2, -0.15) is 0 Å². The van der Waals surface area contributed by atoms with E-state index in [1.165, 1.54) is 34.9 Å². The Hall–Kier alpha value is -0.390.